The predicted molar refractivity (Wildman–Crippen MR) is 133 cm³/mol. The first-order valence-corrected chi connectivity index (χ1v) is 11.6. The number of allylic oxidation sites excluding steroid dienone is 2. The predicted octanol–water partition coefficient (Wildman–Crippen LogP) is 6.02. The summed E-state index contributed by atoms with van der Waals surface area (Å²) in [7, 11) is 3.18. The molecule has 1 atom stereocenters. The molecule has 5 nitrogen and oxygen atoms in total. The summed E-state index contributed by atoms with van der Waals surface area (Å²) in [5, 5.41) is 2.06. The quantitative estimate of drug-likeness (QED) is 0.483. The minimum Gasteiger partial charge on any atom is -0.493 e. The molecule has 1 unspecified atom stereocenters. The van der Waals surface area contributed by atoms with Crippen molar-refractivity contribution in [1.29, 1.82) is 0 Å². The number of carbonyl (C=O) groups excluding carboxylic acids is 2. The number of para-hydroxylation sites is 1. The molecule has 3 aromatic carbocycles. The lowest BCUT2D eigenvalue weighted by atomic mass is 9.69. The van der Waals surface area contributed by atoms with Gasteiger partial charge in [-0.05, 0) is 29.4 Å². The summed E-state index contributed by atoms with van der Waals surface area (Å²) >= 11 is 0. The number of benzene rings is 3. The van der Waals surface area contributed by atoms with Gasteiger partial charge in [-0.25, -0.2) is 0 Å². The van der Waals surface area contributed by atoms with E-state index in [2.05, 4.69) is 13.8 Å². The molecule has 3 aromatic rings. The summed E-state index contributed by atoms with van der Waals surface area (Å²) in [6, 6.07) is 19.7. The van der Waals surface area contributed by atoms with Gasteiger partial charge in [0, 0.05) is 41.0 Å². The molecule has 0 N–H and O–H groups in total. The van der Waals surface area contributed by atoms with Crippen LogP contribution in [0.4, 0.5) is 5.69 Å². The van der Waals surface area contributed by atoms with Crippen molar-refractivity contribution in [2.45, 2.75) is 39.0 Å². The van der Waals surface area contributed by atoms with E-state index in [1.165, 1.54) is 0 Å². The third-order valence-corrected chi connectivity index (χ3v) is 6.96. The number of carbonyl (C=O) groups is 2. The Morgan fingerprint density at radius 2 is 1.62 bits per heavy atom. The Labute approximate surface area is 200 Å². The lowest BCUT2D eigenvalue weighted by molar-refractivity contribution is -0.121. The number of anilines is 1. The molecule has 1 heterocycles. The van der Waals surface area contributed by atoms with Gasteiger partial charge in [0.1, 0.15) is 0 Å². The highest BCUT2D eigenvalue weighted by Crippen LogP contribution is 2.51. The van der Waals surface area contributed by atoms with Crippen molar-refractivity contribution in [3.63, 3.8) is 0 Å². The van der Waals surface area contributed by atoms with Crippen LogP contribution in [-0.4, -0.2) is 25.9 Å². The average Bonchev–Trinajstić information content (AvgIpc) is 2.82. The number of nitrogens with zero attached hydrogens (tertiary/aromatic N) is 1. The number of ether oxygens (including phenoxy) is 2. The number of ketones is 1. The van der Waals surface area contributed by atoms with Gasteiger partial charge in [0.05, 0.1) is 19.9 Å². The molecule has 2 aliphatic rings. The second kappa shape index (κ2) is 8.32. The molecule has 34 heavy (non-hydrogen) atoms. The van der Waals surface area contributed by atoms with Gasteiger partial charge in [-0.2, -0.15) is 0 Å². The van der Waals surface area contributed by atoms with E-state index in [4.69, 9.17) is 9.47 Å². The Morgan fingerprint density at radius 3 is 2.38 bits per heavy atom. The van der Waals surface area contributed by atoms with Crippen LogP contribution >= 0.6 is 0 Å². The highest BCUT2D eigenvalue weighted by atomic mass is 16.5. The van der Waals surface area contributed by atoms with Crippen molar-refractivity contribution in [3.05, 3.63) is 77.5 Å². The lowest BCUT2D eigenvalue weighted by Crippen LogP contribution is -2.43. The van der Waals surface area contributed by atoms with Crippen LogP contribution in [0.25, 0.3) is 10.8 Å². The van der Waals surface area contributed by atoms with Gasteiger partial charge in [0.15, 0.2) is 17.3 Å². The first-order chi connectivity index (χ1) is 16.3. The molecule has 5 rings (SSSR count). The summed E-state index contributed by atoms with van der Waals surface area (Å²) in [5.41, 5.74) is 2.94. The number of hydrogen-bond donors (Lipinski definition) is 0. The van der Waals surface area contributed by atoms with Crippen LogP contribution < -0.4 is 14.4 Å². The fourth-order valence-electron chi connectivity index (χ4n) is 5.55. The molecule has 0 spiro atoms. The first-order valence-electron chi connectivity index (χ1n) is 11.6. The smallest absolute Gasteiger partial charge is 0.232 e. The van der Waals surface area contributed by atoms with E-state index in [9.17, 15) is 9.59 Å². The zero-order valence-electron chi connectivity index (χ0n) is 20.1. The number of hydrogen-bond acceptors (Lipinski definition) is 4. The largest absolute Gasteiger partial charge is 0.493 e. The molecule has 0 saturated heterocycles. The summed E-state index contributed by atoms with van der Waals surface area (Å²) in [5.74, 6) is 0.872. The van der Waals surface area contributed by atoms with Crippen molar-refractivity contribution in [1.82, 2.24) is 0 Å². The van der Waals surface area contributed by atoms with Crippen molar-refractivity contribution < 1.29 is 19.1 Å². The van der Waals surface area contributed by atoms with E-state index in [1.54, 1.807) is 19.1 Å². The Kier molecular flexibility index (Phi) is 5.43. The fraction of sp³-hybridized carbons (Fsp3) is 0.310. The third kappa shape index (κ3) is 3.56. The Hall–Kier alpha value is -3.60. The van der Waals surface area contributed by atoms with Crippen molar-refractivity contribution in [2.24, 2.45) is 5.41 Å². The zero-order valence-corrected chi connectivity index (χ0v) is 20.1. The van der Waals surface area contributed by atoms with Crippen LogP contribution in [0.15, 0.2) is 71.9 Å². The molecular weight excluding hydrogens is 426 g/mol. The minimum atomic E-state index is -0.373. The molecule has 0 radical (unpaired) electrons. The Bertz CT molecular complexity index is 1330. The highest BCUT2D eigenvalue weighted by molar-refractivity contribution is 6.11. The van der Waals surface area contributed by atoms with E-state index in [1.807, 2.05) is 60.7 Å². The molecule has 1 amide bonds. The standard InChI is InChI=1S/C29H29NO4/c1-29(2)16-23-27(24(31)17-29)21(20-12-8-14-25(33-3)28(20)34-4)15-26(32)30(23)22-13-7-10-18-9-5-6-11-19(18)22/h5-14,21H,15-17H2,1-4H3. The summed E-state index contributed by atoms with van der Waals surface area (Å²) in [6.07, 6.45) is 1.29. The number of amides is 1. The molecular formula is C29H29NO4. The molecule has 174 valence electrons. The summed E-state index contributed by atoms with van der Waals surface area (Å²) in [4.78, 5) is 29.3. The second-order valence-electron chi connectivity index (χ2n) is 9.87. The molecule has 0 aromatic heterocycles. The maximum Gasteiger partial charge on any atom is 0.232 e. The van der Waals surface area contributed by atoms with E-state index < -0.39 is 0 Å². The average molecular weight is 456 g/mol. The normalized spacial score (nSPS) is 19.9. The SMILES string of the molecule is COc1cccc(C2CC(=O)N(c3cccc4ccccc34)C3=C2C(=O)CC(C)(C)C3)c1OC. The van der Waals surface area contributed by atoms with E-state index in [0.29, 0.717) is 24.3 Å². The lowest BCUT2D eigenvalue weighted by Gasteiger charge is -2.43. The molecule has 0 fully saturated rings. The van der Waals surface area contributed by atoms with Gasteiger partial charge in [0.2, 0.25) is 5.91 Å². The molecule has 1 aliphatic carbocycles. The van der Waals surface area contributed by atoms with Gasteiger partial charge in [-0.3, -0.25) is 14.5 Å². The highest BCUT2D eigenvalue weighted by Gasteiger charge is 2.45. The van der Waals surface area contributed by atoms with Crippen molar-refractivity contribution >= 4 is 28.2 Å². The number of rotatable bonds is 4. The van der Waals surface area contributed by atoms with Gasteiger partial charge in [-0.15, -0.1) is 0 Å². The Balaban J connectivity index is 1.76. The van der Waals surface area contributed by atoms with E-state index in [-0.39, 0.29) is 29.4 Å². The topological polar surface area (TPSA) is 55.8 Å². The number of methoxy groups -OCH3 is 2. The van der Waals surface area contributed by atoms with Crippen LogP contribution in [-0.2, 0) is 9.59 Å². The Morgan fingerprint density at radius 1 is 0.882 bits per heavy atom. The van der Waals surface area contributed by atoms with Crippen LogP contribution in [0.3, 0.4) is 0 Å². The third-order valence-electron chi connectivity index (χ3n) is 6.96. The van der Waals surface area contributed by atoms with Crippen LogP contribution in [0.5, 0.6) is 11.5 Å². The van der Waals surface area contributed by atoms with Gasteiger partial charge in [0.25, 0.3) is 0 Å². The summed E-state index contributed by atoms with van der Waals surface area (Å²) in [6.45, 7) is 4.19. The number of fused-ring (bicyclic) bond motifs is 1. The monoisotopic (exact) mass is 455 g/mol. The van der Waals surface area contributed by atoms with Crippen LogP contribution in [0, 0.1) is 5.41 Å². The van der Waals surface area contributed by atoms with Gasteiger partial charge in [-0.1, -0.05) is 62.4 Å². The van der Waals surface area contributed by atoms with Crippen molar-refractivity contribution in [3.8, 4) is 11.5 Å². The van der Waals surface area contributed by atoms with Crippen molar-refractivity contribution in [2.75, 3.05) is 19.1 Å². The molecule has 0 bridgehead atoms. The molecule has 1 aliphatic heterocycles. The second-order valence-corrected chi connectivity index (χ2v) is 9.87. The summed E-state index contributed by atoms with van der Waals surface area (Å²) < 4.78 is 11.2. The van der Waals surface area contributed by atoms with Crippen LogP contribution in [0.2, 0.25) is 0 Å². The van der Waals surface area contributed by atoms with E-state index in [0.717, 1.165) is 33.3 Å². The minimum absolute atomic E-state index is 0.0181. The first kappa shape index (κ1) is 22.2. The van der Waals surface area contributed by atoms with Gasteiger partial charge >= 0.3 is 0 Å². The molecule has 0 saturated carbocycles. The van der Waals surface area contributed by atoms with Crippen LogP contribution in [0.1, 0.15) is 44.6 Å². The fourth-order valence-corrected chi connectivity index (χ4v) is 5.55. The maximum atomic E-state index is 13.9. The zero-order chi connectivity index (χ0) is 24.0. The maximum absolute atomic E-state index is 13.9. The molecule has 5 heteroatoms. The number of Topliss-reactive ketones (excluding diaryl/α,β-unsaturated/α-hetero) is 1. The van der Waals surface area contributed by atoms with Gasteiger partial charge < -0.3 is 9.47 Å². The van der Waals surface area contributed by atoms with E-state index >= 15 is 0 Å².